The second-order valence-electron chi connectivity index (χ2n) is 6.06. The van der Waals surface area contributed by atoms with Crippen molar-refractivity contribution in [3.05, 3.63) is 0 Å². The number of hydrogen-bond donors (Lipinski definition) is 3. The Labute approximate surface area is 132 Å². The third-order valence-corrected chi connectivity index (χ3v) is 4.58. The lowest BCUT2D eigenvalue weighted by molar-refractivity contribution is -0.122. The number of hydrazine groups is 1. The van der Waals surface area contributed by atoms with Crippen LogP contribution in [0.2, 0.25) is 0 Å². The average Bonchev–Trinajstić information content (AvgIpc) is 3.03. The molecule has 0 radical (unpaired) electrons. The van der Waals surface area contributed by atoms with Crippen molar-refractivity contribution in [1.82, 2.24) is 16.2 Å². The standard InChI is InChI=1S/C15H27N3O2S/c19-14(9-8-12-5-2-1-3-6-12)17-18-15(21)16-11-13-7-4-10-20-13/h12-13H,1-11H2,(H,17,19)(H2,16,18,21)/t13-/m0/s1. The molecule has 21 heavy (non-hydrogen) atoms. The summed E-state index contributed by atoms with van der Waals surface area (Å²) in [5.74, 6) is 0.746. The molecule has 3 N–H and O–H groups in total. The molecule has 0 aromatic carbocycles. The number of thiocarbonyl (C=S) groups is 1. The normalized spacial score (nSPS) is 22.8. The minimum absolute atomic E-state index is 0.0156. The van der Waals surface area contributed by atoms with Crippen LogP contribution in [0.5, 0.6) is 0 Å². The van der Waals surface area contributed by atoms with Crippen LogP contribution >= 0.6 is 12.2 Å². The van der Waals surface area contributed by atoms with Gasteiger partial charge in [-0.15, -0.1) is 0 Å². The molecule has 0 aromatic heterocycles. The summed E-state index contributed by atoms with van der Waals surface area (Å²) >= 11 is 5.12. The molecule has 1 aliphatic carbocycles. The molecule has 0 spiro atoms. The first-order valence-electron chi connectivity index (χ1n) is 8.18. The number of hydrogen-bond acceptors (Lipinski definition) is 3. The van der Waals surface area contributed by atoms with E-state index in [0.29, 0.717) is 18.1 Å². The molecule has 120 valence electrons. The average molecular weight is 313 g/mol. The van der Waals surface area contributed by atoms with Gasteiger partial charge >= 0.3 is 0 Å². The maximum atomic E-state index is 11.8. The van der Waals surface area contributed by atoms with Crippen LogP contribution in [0.1, 0.15) is 57.8 Å². The van der Waals surface area contributed by atoms with Crippen LogP contribution < -0.4 is 16.2 Å². The molecule has 1 atom stereocenters. The summed E-state index contributed by atoms with van der Waals surface area (Å²) in [4.78, 5) is 11.8. The van der Waals surface area contributed by atoms with E-state index in [4.69, 9.17) is 17.0 Å². The molecular formula is C15H27N3O2S. The van der Waals surface area contributed by atoms with E-state index < -0.39 is 0 Å². The van der Waals surface area contributed by atoms with Crippen LogP contribution in [0.25, 0.3) is 0 Å². The van der Waals surface area contributed by atoms with Gasteiger partial charge in [0.15, 0.2) is 5.11 Å². The molecule has 1 aliphatic heterocycles. The van der Waals surface area contributed by atoms with E-state index in [9.17, 15) is 4.79 Å². The Balaban J connectivity index is 1.50. The Kier molecular flexibility index (Phi) is 7.23. The van der Waals surface area contributed by atoms with E-state index in [1.807, 2.05) is 0 Å². The van der Waals surface area contributed by atoms with Gasteiger partial charge in [0.05, 0.1) is 6.10 Å². The summed E-state index contributed by atoms with van der Waals surface area (Å²) < 4.78 is 5.50. The zero-order valence-corrected chi connectivity index (χ0v) is 13.5. The molecule has 1 amide bonds. The number of carbonyl (C=O) groups excluding carboxylic acids is 1. The van der Waals surface area contributed by atoms with E-state index in [1.54, 1.807) is 0 Å². The van der Waals surface area contributed by atoms with Gasteiger partial charge < -0.3 is 10.1 Å². The van der Waals surface area contributed by atoms with E-state index in [0.717, 1.165) is 31.8 Å². The smallest absolute Gasteiger partial charge is 0.238 e. The maximum Gasteiger partial charge on any atom is 0.238 e. The largest absolute Gasteiger partial charge is 0.376 e. The molecule has 1 heterocycles. The molecule has 0 unspecified atom stereocenters. The van der Waals surface area contributed by atoms with Crippen molar-refractivity contribution >= 4 is 23.2 Å². The van der Waals surface area contributed by atoms with E-state index in [-0.39, 0.29) is 12.0 Å². The van der Waals surface area contributed by atoms with Crippen LogP contribution in [-0.4, -0.2) is 30.3 Å². The molecule has 0 bridgehead atoms. The fourth-order valence-electron chi connectivity index (χ4n) is 3.06. The van der Waals surface area contributed by atoms with Crippen molar-refractivity contribution < 1.29 is 9.53 Å². The fourth-order valence-corrected chi connectivity index (χ4v) is 3.19. The Morgan fingerprint density at radius 2 is 1.90 bits per heavy atom. The predicted molar refractivity (Wildman–Crippen MR) is 86.7 cm³/mol. The zero-order valence-electron chi connectivity index (χ0n) is 12.7. The summed E-state index contributed by atoms with van der Waals surface area (Å²) in [6, 6.07) is 0. The Bertz CT molecular complexity index is 340. The number of carbonyl (C=O) groups is 1. The lowest BCUT2D eigenvalue weighted by Gasteiger charge is -2.21. The van der Waals surface area contributed by atoms with Gasteiger partial charge in [0, 0.05) is 19.6 Å². The molecule has 1 saturated heterocycles. The molecule has 1 saturated carbocycles. The fraction of sp³-hybridized carbons (Fsp3) is 0.867. The summed E-state index contributed by atoms with van der Waals surface area (Å²) in [5, 5.41) is 3.52. The van der Waals surface area contributed by atoms with E-state index in [2.05, 4.69) is 16.2 Å². The van der Waals surface area contributed by atoms with Crippen LogP contribution in [0.4, 0.5) is 0 Å². The number of ether oxygens (including phenoxy) is 1. The van der Waals surface area contributed by atoms with Crippen LogP contribution in [0.15, 0.2) is 0 Å². The van der Waals surface area contributed by atoms with Crippen molar-refractivity contribution in [3.63, 3.8) is 0 Å². The highest BCUT2D eigenvalue weighted by Gasteiger charge is 2.16. The summed E-state index contributed by atoms with van der Waals surface area (Å²) in [6.45, 7) is 1.54. The van der Waals surface area contributed by atoms with Crippen molar-refractivity contribution in [2.75, 3.05) is 13.2 Å². The van der Waals surface area contributed by atoms with Crippen LogP contribution in [0.3, 0.4) is 0 Å². The number of rotatable bonds is 5. The molecule has 2 rings (SSSR count). The number of nitrogens with one attached hydrogen (secondary N) is 3. The Morgan fingerprint density at radius 3 is 2.62 bits per heavy atom. The monoisotopic (exact) mass is 313 g/mol. The lowest BCUT2D eigenvalue weighted by atomic mass is 9.86. The summed E-state index contributed by atoms with van der Waals surface area (Å²) in [6.07, 6.45) is 10.6. The highest BCUT2D eigenvalue weighted by atomic mass is 32.1. The molecule has 2 aliphatic rings. The van der Waals surface area contributed by atoms with Gasteiger partial charge in [-0.25, -0.2) is 0 Å². The topological polar surface area (TPSA) is 62.4 Å². The first-order chi connectivity index (χ1) is 10.2. The van der Waals surface area contributed by atoms with E-state index in [1.165, 1.54) is 32.1 Å². The first kappa shape index (κ1) is 16.5. The summed E-state index contributed by atoms with van der Waals surface area (Å²) in [5.41, 5.74) is 5.42. The maximum absolute atomic E-state index is 11.8. The Morgan fingerprint density at radius 1 is 1.10 bits per heavy atom. The van der Waals surface area contributed by atoms with Crippen molar-refractivity contribution in [1.29, 1.82) is 0 Å². The quantitative estimate of drug-likeness (QED) is 0.535. The second-order valence-corrected chi connectivity index (χ2v) is 6.47. The van der Waals surface area contributed by atoms with Crippen LogP contribution in [0, 0.1) is 5.92 Å². The third-order valence-electron chi connectivity index (χ3n) is 4.33. The first-order valence-corrected chi connectivity index (χ1v) is 8.59. The molecule has 5 nitrogen and oxygen atoms in total. The van der Waals surface area contributed by atoms with Crippen LogP contribution in [-0.2, 0) is 9.53 Å². The van der Waals surface area contributed by atoms with Crippen molar-refractivity contribution in [2.24, 2.45) is 5.92 Å². The third kappa shape index (κ3) is 6.61. The van der Waals surface area contributed by atoms with Gasteiger partial charge in [-0.05, 0) is 37.4 Å². The summed E-state index contributed by atoms with van der Waals surface area (Å²) in [7, 11) is 0. The minimum Gasteiger partial charge on any atom is -0.376 e. The van der Waals surface area contributed by atoms with Gasteiger partial charge in [-0.1, -0.05) is 32.1 Å². The van der Waals surface area contributed by atoms with Crippen molar-refractivity contribution in [2.45, 2.75) is 63.9 Å². The lowest BCUT2D eigenvalue weighted by Crippen LogP contribution is -2.48. The SMILES string of the molecule is O=C(CCC1CCCCC1)NNC(=S)NC[C@@H]1CCCO1. The zero-order chi connectivity index (χ0) is 14.9. The van der Waals surface area contributed by atoms with Gasteiger partial charge in [0.2, 0.25) is 5.91 Å². The second kappa shape index (κ2) is 9.20. The van der Waals surface area contributed by atoms with E-state index >= 15 is 0 Å². The van der Waals surface area contributed by atoms with Gasteiger partial charge in [-0.3, -0.25) is 15.6 Å². The van der Waals surface area contributed by atoms with Gasteiger partial charge in [0.1, 0.15) is 0 Å². The highest BCUT2D eigenvalue weighted by molar-refractivity contribution is 7.80. The van der Waals surface area contributed by atoms with Crippen molar-refractivity contribution in [3.8, 4) is 0 Å². The highest BCUT2D eigenvalue weighted by Crippen LogP contribution is 2.27. The predicted octanol–water partition coefficient (Wildman–Crippen LogP) is 2.02. The van der Waals surface area contributed by atoms with Gasteiger partial charge in [0.25, 0.3) is 0 Å². The molecule has 0 aromatic rings. The van der Waals surface area contributed by atoms with Gasteiger partial charge in [-0.2, -0.15) is 0 Å². The molecular weight excluding hydrogens is 286 g/mol. The minimum atomic E-state index is 0.0156. The molecule has 6 heteroatoms. The Hall–Kier alpha value is -0.880. The molecule has 2 fully saturated rings. The number of amides is 1.